The van der Waals surface area contributed by atoms with Crippen LogP contribution in [-0.2, 0) is 10.2 Å². The van der Waals surface area contributed by atoms with Crippen LogP contribution in [0.25, 0.3) is 6.08 Å². The zero-order chi connectivity index (χ0) is 20.5. The van der Waals surface area contributed by atoms with E-state index in [1.165, 1.54) is 18.4 Å². The van der Waals surface area contributed by atoms with Crippen LogP contribution in [0.2, 0.25) is 0 Å². The van der Waals surface area contributed by atoms with Crippen molar-refractivity contribution in [1.29, 1.82) is 0 Å². The van der Waals surface area contributed by atoms with Gasteiger partial charge in [0, 0.05) is 16.7 Å². The summed E-state index contributed by atoms with van der Waals surface area (Å²) in [6.07, 6.45) is 7.66. The number of carbonyl (C=O) groups excluding carboxylic acids is 1. The average molecular weight is 391 g/mol. The van der Waals surface area contributed by atoms with Gasteiger partial charge < -0.3 is 15.0 Å². The lowest BCUT2D eigenvalue weighted by atomic mass is 9.75. The van der Waals surface area contributed by atoms with Gasteiger partial charge in [-0.3, -0.25) is 4.79 Å². The second-order valence-electron chi connectivity index (χ2n) is 8.47. The van der Waals surface area contributed by atoms with Crippen molar-refractivity contribution in [3.05, 3.63) is 65.7 Å². The summed E-state index contributed by atoms with van der Waals surface area (Å²) in [7, 11) is 0. The third-order valence-electron chi connectivity index (χ3n) is 6.31. The molecule has 4 nitrogen and oxygen atoms in total. The van der Waals surface area contributed by atoms with E-state index in [4.69, 9.17) is 4.74 Å². The Balaban J connectivity index is 1.67. The molecule has 0 unspecified atom stereocenters. The van der Waals surface area contributed by atoms with Crippen LogP contribution in [-0.4, -0.2) is 24.7 Å². The minimum absolute atomic E-state index is 0.0568. The van der Waals surface area contributed by atoms with E-state index in [0.29, 0.717) is 6.54 Å². The molecule has 1 N–H and O–H groups in total. The SMILES string of the molecule is CCCCCOc1ccccc1/C=C/[C@]12NC(=O)CN1c1ccccc1C2(C)C. The van der Waals surface area contributed by atoms with Crippen molar-refractivity contribution < 1.29 is 9.53 Å². The predicted molar refractivity (Wildman–Crippen MR) is 118 cm³/mol. The fourth-order valence-corrected chi connectivity index (χ4v) is 4.63. The Kier molecular flexibility index (Phi) is 5.12. The van der Waals surface area contributed by atoms with Gasteiger partial charge in [-0.15, -0.1) is 0 Å². The highest BCUT2D eigenvalue weighted by molar-refractivity contribution is 5.91. The fraction of sp³-hybridized carbons (Fsp3) is 0.400. The first-order valence-electron chi connectivity index (χ1n) is 10.6. The van der Waals surface area contributed by atoms with Crippen molar-refractivity contribution in [3.8, 4) is 5.75 Å². The number of carbonyl (C=O) groups is 1. The largest absolute Gasteiger partial charge is 0.493 e. The number of fused-ring (bicyclic) bond motifs is 3. The number of rotatable bonds is 7. The van der Waals surface area contributed by atoms with Gasteiger partial charge in [0.05, 0.1) is 13.2 Å². The van der Waals surface area contributed by atoms with E-state index in [-0.39, 0.29) is 11.3 Å². The maximum atomic E-state index is 12.4. The van der Waals surface area contributed by atoms with Crippen LogP contribution in [0.4, 0.5) is 5.69 Å². The summed E-state index contributed by atoms with van der Waals surface area (Å²) in [5.41, 5.74) is 2.58. The van der Waals surface area contributed by atoms with E-state index in [1.807, 2.05) is 24.3 Å². The van der Waals surface area contributed by atoms with E-state index in [1.54, 1.807) is 0 Å². The molecule has 1 fully saturated rings. The smallest absolute Gasteiger partial charge is 0.241 e. The predicted octanol–water partition coefficient (Wildman–Crippen LogP) is 4.89. The lowest BCUT2D eigenvalue weighted by Crippen LogP contribution is -2.58. The molecular formula is C25H30N2O2. The van der Waals surface area contributed by atoms with E-state index in [2.05, 4.69) is 67.4 Å². The molecule has 1 atom stereocenters. The first-order chi connectivity index (χ1) is 14.0. The molecule has 29 heavy (non-hydrogen) atoms. The van der Waals surface area contributed by atoms with Crippen LogP contribution in [0, 0.1) is 0 Å². The molecule has 0 radical (unpaired) electrons. The summed E-state index contributed by atoms with van der Waals surface area (Å²) in [4.78, 5) is 14.6. The summed E-state index contributed by atoms with van der Waals surface area (Å²) in [5.74, 6) is 0.946. The lowest BCUT2D eigenvalue weighted by Gasteiger charge is -2.40. The molecular weight excluding hydrogens is 360 g/mol. The molecule has 1 saturated heterocycles. The number of hydrogen-bond acceptors (Lipinski definition) is 3. The van der Waals surface area contributed by atoms with Gasteiger partial charge in [0.1, 0.15) is 11.4 Å². The van der Waals surface area contributed by atoms with E-state index in [0.717, 1.165) is 30.0 Å². The minimum Gasteiger partial charge on any atom is -0.493 e. The summed E-state index contributed by atoms with van der Waals surface area (Å²) >= 11 is 0. The Morgan fingerprint density at radius 2 is 1.86 bits per heavy atom. The standard InChI is InChI=1S/C25H30N2O2/c1-4-5-10-17-29-22-14-9-6-11-19(22)15-16-25-24(2,3)20-12-7-8-13-21(20)27(25)18-23(28)26-25/h6-9,11-16H,4-5,10,17-18H2,1-3H3,(H,26,28)/b16-15+/t25-/m0/s1. The van der Waals surface area contributed by atoms with E-state index in [9.17, 15) is 4.79 Å². The van der Waals surface area contributed by atoms with Gasteiger partial charge in [-0.05, 0) is 30.2 Å². The Bertz CT molecular complexity index is 934. The Morgan fingerprint density at radius 1 is 1.10 bits per heavy atom. The van der Waals surface area contributed by atoms with Crippen molar-refractivity contribution >= 4 is 17.7 Å². The molecule has 2 aromatic rings. The quantitative estimate of drug-likeness (QED) is 0.684. The molecule has 0 bridgehead atoms. The van der Waals surface area contributed by atoms with Crippen LogP contribution in [0.1, 0.15) is 51.2 Å². The molecule has 0 spiro atoms. The molecule has 1 amide bonds. The number of nitrogens with one attached hydrogen (secondary N) is 1. The molecule has 2 aliphatic rings. The van der Waals surface area contributed by atoms with Gasteiger partial charge in [0.25, 0.3) is 0 Å². The number of amides is 1. The normalized spacial score (nSPS) is 21.9. The molecule has 2 heterocycles. The molecule has 2 aromatic carbocycles. The third-order valence-corrected chi connectivity index (χ3v) is 6.31. The molecule has 0 saturated carbocycles. The maximum absolute atomic E-state index is 12.4. The zero-order valence-corrected chi connectivity index (χ0v) is 17.6. The van der Waals surface area contributed by atoms with Crippen molar-refractivity contribution in [1.82, 2.24) is 5.32 Å². The number of unbranched alkanes of at least 4 members (excludes halogenated alkanes) is 2. The monoisotopic (exact) mass is 390 g/mol. The summed E-state index contributed by atoms with van der Waals surface area (Å²) in [5, 5.41) is 3.28. The third kappa shape index (κ3) is 3.21. The Hall–Kier alpha value is -2.75. The van der Waals surface area contributed by atoms with Crippen molar-refractivity contribution in [2.75, 3.05) is 18.1 Å². The highest BCUT2D eigenvalue weighted by atomic mass is 16.5. The highest BCUT2D eigenvalue weighted by Crippen LogP contribution is 2.52. The van der Waals surface area contributed by atoms with Crippen molar-refractivity contribution in [2.24, 2.45) is 0 Å². The number of hydrogen-bond donors (Lipinski definition) is 1. The van der Waals surface area contributed by atoms with Gasteiger partial charge in [-0.2, -0.15) is 0 Å². The highest BCUT2D eigenvalue weighted by Gasteiger charge is 2.59. The van der Waals surface area contributed by atoms with Gasteiger partial charge >= 0.3 is 0 Å². The number of para-hydroxylation sites is 2. The average Bonchev–Trinajstić information content (AvgIpc) is 3.15. The first-order valence-corrected chi connectivity index (χ1v) is 10.6. The van der Waals surface area contributed by atoms with E-state index < -0.39 is 5.66 Å². The zero-order valence-electron chi connectivity index (χ0n) is 17.6. The molecule has 4 heteroatoms. The number of ether oxygens (including phenoxy) is 1. The second-order valence-corrected chi connectivity index (χ2v) is 8.47. The lowest BCUT2D eigenvalue weighted by molar-refractivity contribution is -0.118. The van der Waals surface area contributed by atoms with Gasteiger partial charge in [-0.25, -0.2) is 0 Å². The fourth-order valence-electron chi connectivity index (χ4n) is 4.63. The van der Waals surface area contributed by atoms with Crippen molar-refractivity contribution in [2.45, 2.75) is 51.1 Å². The molecule has 2 aliphatic heterocycles. The van der Waals surface area contributed by atoms with Crippen LogP contribution in [0.3, 0.4) is 0 Å². The molecule has 0 aromatic heterocycles. The first kappa shape index (κ1) is 19.6. The second kappa shape index (κ2) is 7.58. The van der Waals surface area contributed by atoms with Crippen LogP contribution in [0.5, 0.6) is 5.75 Å². The summed E-state index contributed by atoms with van der Waals surface area (Å²) in [6.45, 7) is 7.70. The number of benzene rings is 2. The number of nitrogens with zero attached hydrogens (tertiary/aromatic N) is 1. The van der Waals surface area contributed by atoms with E-state index >= 15 is 0 Å². The minimum atomic E-state index is -0.580. The summed E-state index contributed by atoms with van der Waals surface area (Å²) < 4.78 is 6.05. The Morgan fingerprint density at radius 3 is 2.69 bits per heavy atom. The molecule has 152 valence electrons. The summed E-state index contributed by atoms with van der Waals surface area (Å²) in [6, 6.07) is 16.5. The van der Waals surface area contributed by atoms with Crippen molar-refractivity contribution in [3.63, 3.8) is 0 Å². The van der Waals surface area contributed by atoms with Crippen LogP contribution >= 0.6 is 0 Å². The van der Waals surface area contributed by atoms with Gasteiger partial charge in [0.15, 0.2) is 0 Å². The number of anilines is 1. The van der Waals surface area contributed by atoms with Crippen LogP contribution < -0.4 is 15.0 Å². The van der Waals surface area contributed by atoms with Crippen LogP contribution in [0.15, 0.2) is 54.6 Å². The van der Waals surface area contributed by atoms with Gasteiger partial charge in [-0.1, -0.05) is 76.1 Å². The topological polar surface area (TPSA) is 41.6 Å². The van der Waals surface area contributed by atoms with Gasteiger partial charge in [0.2, 0.25) is 5.91 Å². The Labute approximate surface area is 173 Å². The molecule has 0 aliphatic carbocycles. The maximum Gasteiger partial charge on any atom is 0.241 e. The molecule has 4 rings (SSSR count).